The molecule has 1 aliphatic heterocycles. The number of hydrogen-bond donors (Lipinski definition) is 13. The Morgan fingerprint density at radius 1 is 0.738 bits per heavy atom. The number of nitrogens with one attached hydrogen (secondary N) is 7. The van der Waals surface area contributed by atoms with Crippen LogP contribution in [0.4, 0.5) is 0 Å². The third kappa shape index (κ3) is 18.6. The summed E-state index contributed by atoms with van der Waals surface area (Å²) in [4.78, 5) is 120. The summed E-state index contributed by atoms with van der Waals surface area (Å²) in [6.07, 6.45) is -2.23. The minimum absolute atomic E-state index is 0.00384. The summed E-state index contributed by atoms with van der Waals surface area (Å²) >= 11 is 0. The van der Waals surface area contributed by atoms with Gasteiger partial charge in [-0.2, -0.15) is 0 Å². The van der Waals surface area contributed by atoms with Gasteiger partial charge in [0, 0.05) is 13.0 Å². The Hall–Kier alpha value is -6.36. The highest BCUT2D eigenvalue weighted by Gasteiger charge is 2.36. The largest absolute Gasteiger partial charge is 0.481 e. The third-order valence-corrected chi connectivity index (χ3v) is 9.31. The molecule has 23 nitrogen and oxygen atoms in total. The van der Waals surface area contributed by atoms with E-state index in [1.807, 2.05) is 0 Å². The molecule has 1 aromatic rings. The summed E-state index contributed by atoms with van der Waals surface area (Å²) in [6.45, 7) is 5.13. The molecule has 0 saturated carbocycles. The number of aliphatic carboxylic acids is 2. The van der Waals surface area contributed by atoms with Crippen LogP contribution in [-0.2, 0) is 49.6 Å². The van der Waals surface area contributed by atoms with E-state index in [2.05, 4.69) is 42.2 Å². The second-order valence-electron chi connectivity index (χ2n) is 15.1. The Bertz CT molecular complexity index is 1730. The number of rotatable bonds is 26. The number of carboxylic acids is 2. The van der Waals surface area contributed by atoms with Gasteiger partial charge in [0.15, 0.2) is 5.96 Å². The van der Waals surface area contributed by atoms with E-state index in [9.17, 15) is 58.5 Å². The quantitative estimate of drug-likeness (QED) is 0.0239. The van der Waals surface area contributed by atoms with Gasteiger partial charge in [0.05, 0.1) is 25.0 Å². The van der Waals surface area contributed by atoms with Crippen molar-refractivity contribution in [1.29, 1.82) is 0 Å². The first-order chi connectivity index (χ1) is 28.7. The highest BCUT2D eigenvalue weighted by atomic mass is 16.4. The molecule has 7 amide bonds. The first kappa shape index (κ1) is 50.8. The fourth-order valence-corrected chi connectivity index (χ4v) is 6.24. The van der Waals surface area contributed by atoms with Crippen LogP contribution >= 0.6 is 0 Å². The highest BCUT2D eigenvalue weighted by molar-refractivity contribution is 5.99. The summed E-state index contributed by atoms with van der Waals surface area (Å²) < 4.78 is 0. The number of carbonyl (C=O) groups is 9. The van der Waals surface area contributed by atoms with E-state index < -0.39 is 115 Å². The number of carbonyl (C=O) groups excluding carboxylic acids is 7. The van der Waals surface area contributed by atoms with Crippen LogP contribution in [0, 0.1) is 5.92 Å². The second-order valence-corrected chi connectivity index (χ2v) is 15.1. The molecule has 1 aliphatic rings. The summed E-state index contributed by atoms with van der Waals surface area (Å²) in [5.74, 6) is -10.3. The molecule has 61 heavy (non-hydrogen) atoms. The van der Waals surface area contributed by atoms with Gasteiger partial charge >= 0.3 is 11.9 Å². The zero-order valence-corrected chi connectivity index (χ0v) is 34.3. The number of aliphatic hydroxyl groups is 1. The Morgan fingerprint density at radius 3 is 1.82 bits per heavy atom. The SMILES string of the molecule is CC(C)C[C@H](NC(=O)[C@@H](NC(=O)[C@H](CC(N)=O)NC(=O)[C@H](Cc1ccccc1)NC(=O)[C@@H]1CCCN1)[C@@H](C)O)C(=O)N[C@@H](CC(=O)O)C(=O)N[C@@H](CCCN=C(N)N)C(=O)O. The van der Waals surface area contributed by atoms with Gasteiger partial charge < -0.3 is 69.7 Å². The lowest BCUT2D eigenvalue weighted by Crippen LogP contribution is -2.62. The average molecular weight is 862 g/mol. The minimum atomic E-state index is -1.82. The molecule has 1 fully saturated rings. The van der Waals surface area contributed by atoms with Crippen LogP contribution in [0.3, 0.4) is 0 Å². The number of carboxylic acid groups (broad SMARTS) is 2. The molecule has 1 saturated heterocycles. The van der Waals surface area contributed by atoms with Crippen LogP contribution in [0.25, 0.3) is 0 Å². The van der Waals surface area contributed by atoms with Gasteiger partial charge in [0.25, 0.3) is 0 Å². The predicted octanol–water partition coefficient (Wildman–Crippen LogP) is -4.19. The standard InChI is InChI=1S/C38H59N11O12/c1-19(2)15-24(32(55)47-27(18-29(52)53)34(57)44-23(37(60)61)12-8-14-43-38(40)41)48-36(59)30(20(3)50)49-35(58)26(17-28(39)51)46-33(56)25(16-21-9-5-4-6-10-21)45-31(54)22-11-7-13-42-22/h4-6,9-10,19-20,22-27,30,42,50H,7-8,11-18H2,1-3H3,(H2,39,51)(H,44,57)(H,45,54)(H,46,56)(H,47,55)(H,48,59)(H,49,58)(H,52,53)(H,60,61)(H4,40,41,43)/t20-,22+,23+,24+,25+,26+,27+,30+/m1/s1. The van der Waals surface area contributed by atoms with Crippen LogP contribution in [-0.4, -0.2) is 136 Å². The summed E-state index contributed by atoms with van der Waals surface area (Å²) in [5, 5.41) is 47.0. The number of aliphatic imine (C=N–C) groups is 1. The molecule has 0 radical (unpaired) electrons. The first-order valence-electron chi connectivity index (χ1n) is 19.7. The van der Waals surface area contributed by atoms with E-state index in [-0.39, 0.29) is 44.1 Å². The van der Waals surface area contributed by atoms with E-state index in [1.165, 1.54) is 0 Å². The zero-order valence-electron chi connectivity index (χ0n) is 34.3. The lowest BCUT2D eigenvalue weighted by Gasteiger charge is -2.28. The van der Waals surface area contributed by atoms with E-state index >= 15 is 0 Å². The molecule has 16 N–H and O–H groups in total. The van der Waals surface area contributed by atoms with Gasteiger partial charge in [-0.15, -0.1) is 0 Å². The van der Waals surface area contributed by atoms with Crippen LogP contribution in [0.5, 0.6) is 0 Å². The molecule has 0 aromatic heterocycles. The number of amides is 7. The van der Waals surface area contributed by atoms with Gasteiger partial charge in [-0.25, -0.2) is 4.79 Å². The maximum absolute atomic E-state index is 13.7. The number of benzene rings is 1. The molecule has 8 atom stereocenters. The lowest BCUT2D eigenvalue weighted by atomic mass is 10.0. The first-order valence-corrected chi connectivity index (χ1v) is 19.7. The molecule has 1 heterocycles. The zero-order chi connectivity index (χ0) is 45.8. The molecule has 2 rings (SSSR count). The van der Waals surface area contributed by atoms with Crippen LogP contribution in [0.2, 0.25) is 0 Å². The number of primary amides is 1. The van der Waals surface area contributed by atoms with Crippen molar-refractivity contribution < 1.29 is 58.5 Å². The van der Waals surface area contributed by atoms with Crippen molar-refractivity contribution >= 4 is 59.2 Å². The second kappa shape index (κ2) is 25.3. The van der Waals surface area contributed by atoms with Gasteiger partial charge in [-0.05, 0) is 57.1 Å². The highest BCUT2D eigenvalue weighted by Crippen LogP contribution is 2.11. The third-order valence-electron chi connectivity index (χ3n) is 9.31. The summed E-state index contributed by atoms with van der Waals surface area (Å²) in [5.41, 5.74) is 16.6. The summed E-state index contributed by atoms with van der Waals surface area (Å²) in [7, 11) is 0. The van der Waals surface area contributed by atoms with Crippen molar-refractivity contribution in [2.75, 3.05) is 13.1 Å². The molecule has 1 aromatic carbocycles. The van der Waals surface area contributed by atoms with Gasteiger partial charge in [-0.3, -0.25) is 43.3 Å². The number of aliphatic hydroxyl groups excluding tert-OH is 1. The molecule has 0 spiro atoms. The fraction of sp³-hybridized carbons (Fsp3) is 0.579. The van der Waals surface area contributed by atoms with Crippen molar-refractivity contribution in [3.8, 4) is 0 Å². The number of guanidine groups is 1. The molecular formula is C38H59N11O12. The van der Waals surface area contributed by atoms with E-state index in [1.54, 1.807) is 44.2 Å². The Morgan fingerprint density at radius 2 is 1.30 bits per heavy atom. The molecular weight excluding hydrogens is 802 g/mol. The van der Waals surface area contributed by atoms with E-state index in [4.69, 9.17) is 17.2 Å². The van der Waals surface area contributed by atoms with E-state index in [0.29, 0.717) is 18.5 Å². The summed E-state index contributed by atoms with van der Waals surface area (Å²) in [6, 6.07) is -1.44. The minimum Gasteiger partial charge on any atom is -0.481 e. The smallest absolute Gasteiger partial charge is 0.326 e. The molecule has 0 unspecified atom stereocenters. The molecule has 23 heteroatoms. The normalized spacial score (nSPS) is 16.8. The van der Waals surface area contributed by atoms with Gasteiger partial charge in [0.2, 0.25) is 41.4 Å². The Kier molecular flexibility index (Phi) is 21.1. The fourth-order valence-electron chi connectivity index (χ4n) is 6.24. The van der Waals surface area contributed by atoms with Crippen LogP contribution in [0.1, 0.15) is 71.3 Å². The van der Waals surface area contributed by atoms with E-state index in [0.717, 1.165) is 13.3 Å². The molecule has 0 aliphatic carbocycles. The van der Waals surface area contributed by atoms with Crippen LogP contribution < -0.4 is 54.4 Å². The Labute approximate surface area is 352 Å². The number of hydrogen-bond acceptors (Lipinski definition) is 12. The average Bonchev–Trinajstić information content (AvgIpc) is 3.72. The maximum atomic E-state index is 13.7. The van der Waals surface area contributed by atoms with Gasteiger partial charge in [-0.1, -0.05) is 44.2 Å². The molecule has 0 bridgehead atoms. The predicted molar refractivity (Wildman–Crippen MR) is 218 cm³/mol. The lowest BCUT2D eigenvalue weighted by molar-refractivity contribution is -0.144. The van der Waals surface area contributed by atoms with Crippen molar-refractivity contribution in [3.63, 3.8) is 0 Å². The molecule has 338 valence electrons. The van der Waals surface area contributed by atoms with Crippen molar-refractivity contribution in [1.82, 2.24) is 37.2 Å². The van der Waals surface area contributed by atoms with Gasteiger partial charge in [0.1, 0.15) is 36.3 Å². The monoisotopic (exact) mass is 861 g/mol. The van der Waals surface area contributed by atoms with Crippen molar-refractivity contribution in [2.45, 2.75) is 121 Å². The Balaban J connectivity index is 2.28. The van der Waals surface area contributed by atoms with Crippen LogP contribution in [0.15, 0.2) is 35.3 Å². The maximum Gasteiger partial charge on any atom is 0.326 e. The number of nitrogens with two attached hydrogens (primary N) is 3. The topological polar surface area (TPSA) is 389 Å². The van der Waals surface area contributed by atoms with Crippen molar-refractivity contribution in [3.05, 3.63) is 35.9 Å². The van der Waals surface area contributed by atoms with Crippen molar-refractivity contribution in [2.24, 2.45) is 28.1 Å². The number of nitrogens with zero attached hydrogens (tertiary/aromatic N) is 1.